The highest BCUT2D eigenvalue weighted by Gasteiger charge is 2.52. The first kappa shape index (κ1) is 16.8. The van der Waals surface area contributed by atoms with Crippen molar-refractivity contribution in [1.29, 1.82) is 0 Å². The van der Waals surface area contributed by atoms with Gasteiger partial charge in [0.25, 0.3) is 0 Å². The van der Waals surface area contributed by atoms with Gasteiger partial charge in [0.1, 0.15) is 11.8 Å². The third kappa shape index (κ3) is 3.88. The first-order chi connectivity index (χ1) is 11.6. The van der Waals surface area contributed by atoms with Gasteiger partial charge in [0.2, 0.25) is 0 Å². The number of rotatable bonds is 7. The van der Waals surface area contributed by atoms with E-state index in [1.807, 2.05) is 6.07 Å². The molecule has 2 aromatic carbocycles. The van der Waals surface area contributed by atoms with Crippen LogP contribution < -0.4 is 4.74 Å². The Morgan fingerprint density at radius 3 is 2.08 bits per heavy atom. The van der Waals surface area contributed by atoms with E-state index in [1.54, 1.807) is 0 Å². The summed E-state index contributed by atoms with van der Waals surface area (Å²) in [7, 11) is 2.34. The van der Waals surface area contributed by atoms with Crippen molar-refractivity contribution in [2.45, 2.75) is 32.4 Å². The Bertz CT molecular complexity index is 671. The fourth-order valence-electron chi connectivity index (χ4n) is 3.22. The van der Waals surface area contributed by atoms with Crippen molar-refractivity contribution in [3.05, 3.63) is 65.7 Å². The minimum Gasteiger partial charge on any atom is -0.484 e. The highest BCUT2D eigenvalue weighted by atomic mass is 16.5. The summed E-state index contributed by atoms with van der Waals surface area (Å²) >= 11 is 0. The van der Waals surface area contributed by atoms with Crippen molar-refractivity contribution >= 4 is 12.2 Å². The molecule has 0 aromatic heterocycles. The van der Waals surface area contributed by atoms with Crippen LogP contribution in [0.15, 0.2) is 54.6 Å². The fourth-order valence-corrected chi connectivity index (χ4v) is 3.22. The van der Waals surface area contributed by atoms with Crippen LogP contribution in [0, 0.1) is 0 Å². The van der Waals surface area contributed by atoms with Gasteiger partial charge in [0.05, 0.1) is 20.1 Å². The molecule has 0 radical (unpaired) electrons. The molecule has 2 heteroatoms. The molecule has 2 aromatic rings. The van der Waals surface area contributed by atoms with E-state index in [2.05, 4.69) is 81.6 Å². The highest BCUT2D eigenvalue weighted by molar-refractivity contribution is 5.69. The van der Waals surface area contributed by atoms with E-state index in [0.29, 0.717) is 12.1 Å². The van der Waals surface area contributed by atoms with Crippen LogP contribution in [0.5, 0.6) is 5.75 Å². The molecule has 0 unspecified atom stereocenters. The Hall–Kier alpha value is -2.06. The van der Waals surface area contributed by atoms with Crippen molar-refractivity contribution in [3.63, 3.8) is 0 Å². The molecule has 24 heavy (non-hydrogen) atoms. The molecule has 2 nitrogen and oxygen atoms in total. The average Bonchev–Trinajstić information content (AvgIpc) is 3.41. The smallest absolute Gasteiger partial charge is 0.156 e. The first-order valence-corrected chi connectivity index (χ1v) is 8.98. The lowest BCUT2D eigenvalue weighted by Gasteiger charge is -2.32. The molecule has 126 valence electrons. The van der Waals surface area contributed by atoms with E-state index in [1.165, 1.54) is 30.6 Å². The maximum Gasteiger partial charge on any atom is 0.156 e. The van der Waals surface area contributed by atoms with Gasteiger partial charge >= 0.3 is 0 Å². The Balaban J connectivity index is 1.57. The molecule has 1 fully saturated rings. The summed E-state index contributed by atoms with van der Waals surface area (Å²) in [6, 6.07) is 19.4. The number of hydrogen-bond donors (Lipinski definition) is 0. The van der Waals surface area contributed by atoms with Crippen LogP contribution in [0.1, 0.15) is 31.4 Å². The lowest BCUT2D eigenvalue weighted by molar-refractivity contribution is -0.917. The van der Waals surface area contributed by atoms with Crippen LogP contribution in [0.2, 0.25) is 0 Å². The minimum absolute atomic E-state index is 0.376. The van der Waals surface area contributed by atoms with E-state index in [4.69, 9.17) is 4.74 Å². The average molecular weight is 322 g/mol. The van der Waals surface area contributed by atoms with Gasteiger partial charge in [-0.3, -0.25) is 0 Å². The van der Waals surface area contributed by atoms with Crippen LogP contribution in [0.3, 0.4) is 0 Å². The molecule has 0 N–H and O–H groups in total. The normalized spacial score (nSPS) is 20.3. The second-order valence-corrected chi connectivity index (χ2v) is 6.88. The van der Waals surface area contributed by atoms with Crippen molar-refractivity contribution in [3.8, 4) is 5.75 Å². The van der Waals surface area contributed by atoms with E-state index >= 15 is 0 Å². The second kappa shape index (κ2) is 7.23. The van der Waals surface area contributed by atoms with Gasteiger partial charge in [-0.05, 0) is 37.1 Å². The van der Waals surface area contributed by atoms with Crippen LogP contribution in [0.25, 0.3) is 12.2 Å². The molecule has 0 bridgehead atoms. The molecule has 1 aliphatic rings. The Labute approximate surface area is 146 Å². The number of hydrogen-bond acceptors (Lipinski definition) is 1. The van der Waals surface area contributed by atoms with Gasteiger partial charge in [-0.25, -0.2) is 0 Å². The molecule has 0 aliphatic heterocycles. The largest absolute Gasteiger partial charge is 0.484 e. The van der Waals surface area contributed by atoms with Crippen LogP contribution in [-0.4, -0.2) is 36.8 Å². The minimum atomic E-state index is 0.376. The quantitative estimate of drug-likeness (QED) is 0.522. The molecule has 3 rings (SSSR count). The van der Waals surface area contributed by atoms with E-state index < -0.39 is 0 Å². The van der Waals surface area contributed by atoms with E-state index in [0.717, 1.165) is 10.2 Å². The summed E-state index contributed by atoms with van der Waals surface area (Å²) in [4.78, 5) is 0. The molecular weight excluding hydrogens is 294 g/mol. The molecule has 1 saturated carbocycles. The zero-order chi connectivity index (χ0) is 17.0. The molecule has 2 atom stereocenters. The van der Waals surface area contributed by atoms with E-state index in [9.17, 15) is 0 Å². The highest BCUT2D eigenvalue weighted by Crippen LogP contribution is 2.36. The fraction of sp³-hybridized carbons (Fsp3) is 0.364. The number of likely N-dealkylation sites (N-methyl/N-ethyl adjacent to an activating group) is 1. The van der Waals surface area contributed by atoms with Gasteiger partial charge in [-0.2, -0.15) is 0 Å². The van der Waals surface area contributed by atoms with Crippen LogP contribution in [0.4, 0.5) is 0 Å². The van der Waals surface area contributed by atoms with Crippen molar-refractivity contribution in [2.75, 3.05) is 20.1 Å². The third-order valence-corrected chi connectivity index (χ3v) is 5.38. The topological polar surface area (TPSA) is 9.23 Å². The zero-order valence-electron chi connectivity index (χ0n) is 15.0. The van der Waals surface area contributed by atoms with Crippen molar-refractivity contribution in [2.24, 2.45) is 0 Å². The van der Waals surface area contributed by atoms with Gasteiger partial charge in [-0.1, -0.05) is 54.6 Å². The van der Waals surface area contributed by atoms with Crippen molar-refractivity contribution < 1.29 is 9.22 Å². The molecule has 0 saturated heterocycles. The standard InChI is InChI=1S/C22H28NO/c1-4-23(3,5-2)21-17-22(21)24-20-15-13-19(14-16-20)12-11-18-9-7-6-8-10-18/h6-16,21-22H,4-5,17H2,1-3H3/q+1/b12-11+/t21-,22+/m0/s1. The summed E-state index contributed by atoms with van der Waals surface area (Å²) in [5.41, 5.74) is 2.41. The summed E-state index contributed by atoms with van der Waals surface area (Å²) < 4.78 is 7.28. The van der Waals surface area contributed by atoms with Crippen LogP contribution in [-0.2, 0) is 0 Å². The lowest BCUT2D eigenvalue weighted by Crippen LogP contribution is -2.47. The van der Waals surface area contributed by atoms with E-state index in [-0.39, 0.29) is 0 Å². The summed E-state index contributed by atoms with van der Waals surface area (Å²) in [5.74, 6) is 0.984. The zero-order valence-corrected chi connectivity index (χ0v) is 15.0. The molecule has 0 amide bonds. The van der Waals surface area contributed by atoms with Gasteiger partial charge in [0.15, 0.2) is 6.10 Å². The predicted octanol–water partition coefficient (Wildman–Crippen LogP) is 4.86. The Morgan fingerprint density at radius 2 is 1.50 bits per heavy atom. The molecular formula is C22H28NO+. The monoisotopic (exact) mass is 322 g/mol. The SMILES string of the molecule is CC[N+](C)(CC)[C@H]1C[C@H]1Oc1ccc(/C=C/c2ccccc2)cc1. The summed E-state index contributed by atoms with van der Waals surface area (Å²) in [5, 5.41) is 0. The maximum absolute atomic E-state index is 6.17. The van der Waals surface area contributed by atoms with Gasteiger partial charge in [-0.15, -0.1) is 0 Å². The number of ether oxygens (including phenoxy) is 1. The maximum atomic E-state index is 6.17. The van der Waals surface area contributed by atoms with Crippen molar-refractivity contribution in [1.82, 2.24) is 0 Å². The molecule has 0 spiro atoms. The Morgan fingerprint density at radius 1 is 0.917 bits per heavy atom. The van der Waals surface area contributed by atoms with Gasteiger partial charge < -0.3 is 9.22 Å². The number of quaternary nitrogens is 1. The van der Waals surface area contributed by atoms with Crippen LogP contribution >= 0.6 is 0 Å². The summed E-state index contributed by atoms with van der Waals surface area (Å²) in [6.45, 7) is 6.88. The first-order valence-electron chi connectivity index (χ1n) is 8.98. The summed E-state index contributed by atoms with van der Waals surface area (Å²) in [6.07, 6.45) is 5.83. The lowest BCUT2D eigenvalue weighted by atomic mass is 10.1. The third-order valence-electron chi connectivity index (χ3n) is 5.38. The van der Waals surface area contributed by atoms with Gasteiger partial charge in [0, 0.05) is 6.42 Å². The molecule has 1 aliphatic carbocycles. The number of nitrogens with zero attached hydrogens (tertiary/aromatic N) is 1. The number of benzene rings is 2. The Kier molecular flexibility index (Phi) is 5.06. The second-order valence-electron chi connectivity index (χ2n) is 6.88. The predicted molar refractivity (Wildman–Crippen MR) is 102 cm³/mol. The molecule has 0 heterocycles.